The number of carbonyl (C=O) groups is 2. The molecule has 41 heavy (non-hydrogen) atoms. The van der Waals surface area contributed by atoms with Gasteiger partial charge in [-0.15, -0.1) is 5.10 Å². The van der Waals surface area contributed by atoms with E-state index in [-0.39, 0.29) is 29.3 Å². The Hall–Kier alpha value is -3.80. The molecule has 3 N–H and O–H groups in total. The summed E-state index contributed by atoms with van der Waals surface area (Å²) in [5.74, 6) is -0.247. The largest absolute Gasteiger partial charge is 0.480 e. The molecule has 0 fully saturated rings. The van der Waals surface area contributed by atoms with E-state index >= 15 is 0 Å². The Morgan fingerprint density at radius 1 is 1.22 bits per heavy atom. The number of hydrogen-bond acceptors (Lipinski definition) is 8. The molecule has 1 atom stereocenters. The topological polar surface area (TPSA) is 136 Å². The number of aryl methyl sites for hydroxylation is 1. The van der Waals surface area contributed by atoms with Crippen LogP contribution in [0.15, 0.2) is 36.7 Å². The third kappa shape index (κ3) is 6.12. The molecule has 4 rings (SSSR count). The Balaban J connectivity index is 1.84. The van der Waals surface area contributed by atoms with Crippen molar-refractivity contribution in [3.63, 3.8) is 0 Å². The van der Waals surface area contributed by atoms with E-state index in [4.69, 9.17) is 16.3 Å². The van der Waals surface area contributed by atoms with Crippen molar-refractivity contribution in [1.29, 1.82) is 0 Å². The molecule has 0 radical (unpaired) electrons. The number of fused-ring (bicyclic) bond motifs is 1. The van der Waals surface area contributed by atoms with E-state index in [1.807, 2.05) is 47.6 Å². The zero-order chi connectivity index (χ0) is 30.1. The second-order valence-corrected chi connectivity index (χ2v) is 11.3. The zero-order valence-corrected chi connectivity index (χ0v) is 25.1. The second kappa shape index (κ2) is 12.0. The first-order valence-corrected chi connectivity index (χ1v) is 13.8. The number of aliphatic hydroxyl groups excluding tert-OH is 1. The summed E-state index contributed by atoms with van der Waals surface area (Å²) in [7, 11) is 1.44. The number of nitrogens with zero attached hydrogens (tertiary/aromatic N) is 5. The van der Waals surface area contributed by atoms with Crippen LogP contribution in [-0.2, 0) is 0 Å². The predicted octanol–water partition coefficient (Wildman–Crippen LogP) is 5.30. The van der Waals surface area contributed by atoms with Gasteiger partial charge in [-0.2, -0.15) is 5.10 Å². The highest BCUT2D eigenvalue weighted by Crippen LogP contribution is 2.35. The number of hydrogen-bond donors (Lipinski definition) is 3. The first-order valence-electron chi connectivity index (χ1n) is 13.5. The first kappa shape index (κ1) is 30.2. The maximum atomic E-state index is 13.8. The van der Waals surface area contributed by atoms with Gasteiger partial charge in [0.25, 0.3) is 11.8 Å². The quantitative estimate of drug-likeness (QED) is 0.215. The molecule has 0 saturated heterocycles. The van der Waals surface area contributed by atoms with Gasteiger partial charge < -0.3 is 15.2 Å². The van der Waals surface area contributed by atoms with E-state index in [1.54, 1.807) is 24.5 Å². The normalized spacial score (nSPS) is 12.6. The van der Waals surface area contributed by atoms with Gasteiger partial charge in [0.1, 0.15) is 17.4 Å². The van der Waals surface area contributed by atoms with E-state index in [2.05, 4.69) is 25.8 Å². The second-order valence-electron chi connectivity index (χ2n) is 10.9. The average Bonchev–Trinajstić information content (AvgIpc) is 3.52. The predicted molar refractivity (Wildman–Crippen MR) is 158 cm³/mol. The van der Waals surface area contributed by atoms with Crippen molar-refractivity contribution in [3.05, 3.63) is 58.5 Å². The summed E-state index contributed by atoms with van der Waals surface area (Å²) in [5.41, 5.74) is 1.25. The van der Waals surface area contributed by atoms with Crippen LogP contribution >= 0.6 is 11.6 Å². The molecule has 218 valence electrons. The highest BCUT2D eigenvalue weighted by molar-refractivity contribution is 6.32. The molecule has 0 spiro atoms. The summed E-state index contributed by atoms with van der Waals surface area (Å²) >= 11 is 6.36. The molecular formula is C29H36ClN7O4. The van der Waals surface area contributed by atoms with Gasteiger partial charge in [-0.05, 0) is 51.0 Å². The van der Waals surface area contributed by atoms with Crippen LogP contribution in [0.1, 0.15) is 80.1 Å². The Labute approximate surface area is 243 Å². The molecule has 3 aromatic heterocycles. The van der Waals surface area contributed by atoms with Crippen molar-refractivity contribution >= 4 is 40.0 Å². The van der Waals surface area contributed by atoms with Crippen LogP contribution in [-0.4, -0.2) is 54.6 Å². The summed E-state index contributed by atoms with van der Waals surface area (Å²) < 4.78 is 7.91. The minimum absolute atomic E-state index is 0.0895. The number of pyridine rings is 1. The highest BCUT2D eigenvalue weighted by Gasteiger charge is 2.31. The number of ether oxygens (including phenoxy) is 1. The molecule has 0 aliphatic rings. The number of amides is 1. The number of nitrogens with one attached hydrogen (secondary N) is 2. The van der Waals surface area contributed by atoms with Crippen molar-refractivity contribution in [2.75, 3.05) is 12.4 Å². The Morgan fingerprint density at radius 3 is 2.59 bits per heavy atom. The van der Waals surface area contributed by atoms with Crippen LogP contribution in [0.3, 0.4) is 0 Å². The van der Waals surface area contributed by atoms with Gasteiger partial charge in [-0.3, -0.25) is 14.9 Å². The van der Waals surface area contributed by atoms with E-state index in [0.717, 1.165) is 6.42 Å². The maximum Gasteiger partial charge on any atom is 0.274 e. The van der Waals surface area contributed by atoms with E-state index in [9.17, 15) is 14.7 Å². The lowest BCUT2D eigenvalue weighted by molar-refractivity contribution is 0.0713. The van der Waals surface area contributed by atoms with Crippen LogP contribution < -0.4 is 15.4 Å². The number of halogens is 1. The fourth-order valence-electron chi connectivity index (χ4n) is 4.81. The molecule has 3 heterocycles. The summed E-state index contributed by atoms with van der Waals surface area (Å²) in [5, 5.41) is 27.2. The number of benzene rings is 1. The third-order valence-electron chi connectivity index (χ3n) is 6.77. The molecule has 12 heteroatoms. The van der Waals surface area contributed by atoms with Crippen molar-refractivity contribution in [1.82, 2.24) is 29.9 Å². The van der Waals surface area contributed by atoms with Gasteiger partial charge in [0.2, 0.25) is 5.88 Å². The van der Waals surface area contributed by atoms with Crippen molar-refractivity contribution < 1.29 is 19.4 Å². The molecule has 1 aromatic carbocycles. The Bertz CT molecular complexity index is 1590. The van der Waals surface area contributed by atoms with Crippen LogP contribution in [0.5, 0.6) is 5.88 Å². The monoisotopic (exact) mass is 581 g/mol. The van der Waals surface area contributed by atoms with Gasteiger partial charge in [0, 0.05) is 40.9 Å². The first-order chi connectivity index (χ1) is 19.4. The minimum Gasteiger partial charge on any atom is -0.480 e. The smallest absolute Gasteiger partial charge is 0.274 e. The SMILES string of the molecule is CCCC(C)(C)C(=O)n1cc2cc(C)c(NC(=O)c3cc(OC)nn3-c3ncccc3Cl)c(C(O)NC(C)C)c2n1. The molecular weight excluding hydrogens is 546 g/mol. The molecule has 4 aromatic rings. The molecule has 0 aliphatic carbocycles. The maximum absolute atomic E-state index is 13.8. The summed E-state index contributed by atoms with van der Waals surface area (Å²) in [4.78, 5) is 31.4. The fraction of sp³-hybridized carbons (Fsp3) is 0.414. The van der Waals surface area contributed by atoms with Gasteiger partial charge >= 0.3 is 0 Å². The van der Waals surface area contributed by atoms with Gasteiger partial charge in [-0.25, -0.2) is 14.3 Å². The molecule has 0 aliphatic heterocycles. The van der Waals surface area contributed by atoms with Crippen LogP contribution in [0.25, 0.3) is 16.7 Å². The number of carbonyl (C=O) groups excluding carboxylic acids is 2. The summed E-state index contributed by atoms with van der Waals surface area (Å²) in [6.07, 6.45) is 3.56. The van der Waals surface area contributed by atoms with Crippen LogP contribution in [0.4, 0.5) is 5.69 Å². The molecule has 11 nitrogen and oxygen atoms in total. The van der Waals surface area contributed by atoms with Gasteiger partial charge in [-0.1, -0.05) is 38.8 Å². The lowest BCUT2D eigenvalue weighted by Gasteiger charge is -2.22. The molecule has 0 saturated carbocycles. The average molecular weight is 582 g/mol. The lowest BCUT2D eigenvalue weighted by atomic mass is 9.87. The van der Waals surface area contributed by atoms with Crippen LogP contribution in [0, 0.1) is 12.3 Å². The van der Waals surface area contributed by atoms with Crippen LogP contribution in [0.2, 0.25) is 5.02 Å². The van der Waals surface area contributed by atoms with Crippen molar-refractivity contribution in [3.8, 4) is 11.7 Å². The van der Waals surface area contributed by atoms with Crippen molar-refractivity contribution in [2.24, 2.45) is 5.41 Å². The number of aliphatic hydroxyl groups is 1. The van der Waals surface area contributed by atoms with Gasteiger partial charge in [0.15, 0.2) is 5.82 Å². The Kier molecular flexibility index (Phi) is 8.81. The summed E-state index contributed by atoms with van der Waals surface area (Å²) in [6, 6.07) is 6.53. The number of methoxy groups -OCH3 is 1. The lowest BCUT2D eigenvalue weighted by Crippen LogP contribution is -2.30. The molecule has 1 unspecified atom stereocenters. The molecule has 0 bridgehead atoms. The number of anilines is 1. The Morgan fingerprint density at radius 2 is 1.95 bits per heavy atom. The van der Waals surface area contributed by atoms with Crippen molar-refractivity contribution in [2.45, 2.75) is 66.7 Å². The van der Waals surface area contributed by atoms with E-state index in [0.29, 0.717) is 39.2 Å². The van der Waals surface area contributed by atoms with E-state index in [1.165, 1.54) is 22.5 Å². The third-order valence-corrected chi connectivity index (χ3v) is 7.06. The summed E-state index contributed by atoms with van der Waals surface area (Å²) in [6.45, 7) is 11.4. The van der Waals surface area contributed by atoms with E-state index < -0.39 is 17.6 Å². The minimum atomic E-state index is -1.19. The van der Waals surface area contributed by atoms with Gasteiger partial charge in [0.05, 0.1) is 17.8 Å². The highest BCUT2D eigenvalue weighted by atomic mass is 35.5. The fourth-order valence-corrected chi connectivity index (χ4v) is 5.01. The molecule has 1 amide bonds. The number of rotatable bonds is 10. The zero-order valence-electron chi connectivity index (χ0n) is 24.3. The number of aromatic nitrogens is 5. The standard InChI is InChI=1S/C29H36ClN7O4/c1-8-11-29(5,6)28(40)36-15-18-13-17(4)23(22(24(18)35-36)27(39)32-16(2)3)33-26(38)20-14-21(41-7)34-37(20)25-19(30)10-9-12-31-25/h9-10,12-16,27,32,39H,8,11H2,1-7H3,(H,33,38).